The van der Waals surface area contributed by atoms with Crippen molar-refractivity contribution in [3.8, 4) is 0 Å². The van der Waals surface area contributed by atoms with E-state index in [9.17, 15) is 0 Å². The molecule has 0 radical (unpaired) electrons. The van der Waals surface area contributed by atoms with Crippen LogP contribution in [0, 0.1) is 5.92 Å². The third-order valence-corrected chi connectivity index (χ3v) is 3.48. The predicted octanol–water partition coefficient (Wildman–Crippen LogP) is 2.90. The molecule has 0 atom stereocenters. The average Bonchev–Trinajstić information content (AvgIpc) is 3.16. The molecule has 1 saturated carbocycles. The fourth-order valence-electron chi connectivity index (χ4n) is 2.08. The smallest absolute Gasteiger partial charge is 0.188 e. The monoisotopic (exact) mass is 373 g/mol. The molecule has 106 valence electrons. The average molecular weight is 373 g/mol. The van der Waals surface area contributed by atoms with Crippen LogP contribution in [-0.4, -0.2) is 19.0 Å². The summed E-state index contributed by atoms with van der Waals surface area (Å²) in [5.74, 6) is 1.16. The molecule has 3 N–H and O–H groups in total. The van der Waals surface area contributed by atoms with Gasteiger partial charge in [-0.25, -0.2) is 0 Å². The highest BCUT2D eigenvalue weighted by atomic mass is 127. The van der Waals surface area contributed by atoms with Crippen molar-refractivity contribution in [2.75, 3.05) is 13.1 Å². The van der Waals surface area contributed by atoms with Gasteiger partial charge in [0.05, 0.1) is 6.54 Å². The fraction of sp³-hybridized carbons (Fsp3) is 0.533. The highest BCUT2D eigenvalue weighted by molar-refractivity contribution is 14.0. The van der Waals surface area contributed by atoms with Crippen LogP contribution >= 0.6 is 24.0 Å². The zero-order chi connectivity index (χ0) is 13.0. The lowest BCUT2D eigenvalue weighted by atomic mass is 9.96. The molecule has 0 unspecified atom stereocenters. The molecule has 1 fully saturated rings. The van der Waals surface area contributed by atoms with Crippen molar-refractivity contribution in [1.82, 2.24) is 5.32 Å². The Hall–Kier alpha value is -0.780. The maximum Gasteiger partial charge on any atom is 0.188 e. The van der Waals surface area contributed by atoms with Crippen LogP contribution in [0.1, 0.15) is 32.3 Å². The number of rotatable bonds is 5. The summed E-state index contributed by atoms with van der Waals surface area (Å²) in [6, 6.07) is 10.6. The molecule has 0 aromatic heterocycles. The summed E-state index contributed by atoms with van der Waals surface area (Å²) in [4.78, 5) is 4.49. The highest BCUT2D eigenvalue weighted by Gasteiger charge is 2.43. The zero-order valence-electron chi connectivity index (χ0n) is 11.7. The summed E-state index contributed by atoms with van der Waals surface area (Å²) in [7, 11) is 0. The molecule has 0 bridgehead atoms. The molecule has 0 heterocycles. The molecule has 0 saturated heterocycles. The van der Waals surface area contributed by atoms with Crippen molar-refractivity contribution in [1.29, 1.82) is 0 Å². The van der Waals surface area contributed by atoms with Gasteiger partial charge in [0, 0.05) is 12.0 Å². The van der Waals surface area contributed by atoms with Crippen molar-refractivity contribution < 1.29 is 0 Å². The lowest BCUT2D eigenvalue weighted by Gasteiger charge is -2.14. The number of hydrogen-bond donors (Lipinski definition) is 2. The summed E-state index contributed by atoms with van der Waals surface area (Å²) in [5.41, 5.74) is 7.52. The first kappa shape index (κ1) is 16.3. The number of nitrogens with two attached hydrogens (primary N) is 1. The van der Waals surface area contributed by atoms with E-state index in [-0.39, 0.29) is 29.4 Å². The molecule has 1 aromatic rings. The van der Waals surface area contributed by atoms with Crippen LogP contribution in [0.3, 0.4) is 0 Å². The van der Waals surface area contributed by atoms with E-state index in [0.29, 0.717) is 11.9 Å². The lowest BCUT2D eigenvalue weighted by molar-refractivity contribution is 0.619. The second-order valence-corrected chi connectivity index (χ2v) is 5.62. The normalized spacial score (nSPS) is 16.9. The van der Waals surface area contributed by atoms with Crippen molar-refractivity contribution in [2.45, 2.75) is 32.1 Å². The standard InChI is InChI=1S/C15H23N3.HI/c1-12(2)10-17-14(16)18-11-15(8-9-15)13-6-4-3-5-7-13;/h3-7,12H,8-11H2,1-2H3,(H3,16,17,18);1H. The van der Waals surface area contributed by atoms with Crippen molar-refractivity contribution in [3.05, 3.63) is 35.9 Å². The number of guanidine groups is 1. The molecule has 1 aromatic carbocycles. The molecule has 2 rings (SSSR count). The van der Waals surface area contributed by atoms with Crippen molar-refractivity contribution in [2.24, 2.45) is 16.6 Å². The van der Waals surface area contributed by atoms with Crippen LogP contribution < -0.4 is 11.1 Å². The largest absolute Gasteiger partial charge is 0.370 e. The van der Waals surface area contributed by atoms with E-state index in [1.54, 1.807) is 0 Å². The molecule has 3 nitrogen and oxygen atoms in total. The van der Waals surface area contributed by atoms with Gasteiger partial charge in [0.2, 0.25) is 0 Å². The first-order valence-corrected chi connectivity index (χ1v) is 6.72. The van der Waals surface area contributed by atoms with Gasteiger partial charge in [-0.2, -0.15) is 0 Å². The van der Waals surface area contributed by atoms with Crippen LogP contribution in [0.2, 0.25) is 0 Å². The van der Waals surface area contributed by atoms with Gasteiger partial charge in [-0.3, -0.25) is 4.99 Å². The van der Waals surface area contributed by atoms with E-state index < -0.39 is 0 Å². The fourth-order valence-corrected chi connectivity index (χ4v) is 2.08. The second-order valence-electron chi connectivity index (χ2n) is 5.62. The maximum absolute atomic E-state index is 5.87. The quantitative estimate of drug-likeness (QED) is 0.474. The molecular formula is C15H24IN3. The van der Waals surface area contributed by atoms with Gasteiger partial charge in [-0.1, -0.05) is 44.2 Å². The SMILES string of the molecule is CC(C)CNC(N)=NCC1(c2ccccc2)CC1.I. The van der Waals surface area contributed by atoms with E-state index in [0.717, 1.165) is 13.1 Å². The first-order chi connectivity index (χ1) is 8.62. The number of nitrogens with one attached hydrogen (secondary N) is 1. The van der Waals surface area contributed by atoms with Crippen LogP contribution in [0.15, 0.2) is 35.3 Å². The van der Waals surface area contributed by atoms with Crippen LogP contribution in [0.25, 0.3) is 0 Å². The second kappa shape index (κ2) is 7.12. The molecule has 1 aliphatic carbocycles. The van der Waals surface area contributed by atoms with Crippen LogP contribution in [-0.2, 0) is 5.41 Å². The molecular weight excluding hydrogens is 349 g/mol. The Balaban J connectivity index is 0.00000180. The van der Waals surface area contributed by atoms with E-state index >= 15 is 0 Å². The van der Waals surface area contributed by atoms with Gasteiger partial charge >= 0.3 is 0 Å². The Labute approximate surface area is 133 Å². The molecule has 0 amide bonds. The van der Waals surface area contributed by atoms with Gasteiger partial charge < -0.3 is 11.1 Å². The minimum Gasteiger partial charge on any atom is -0.370 e. The number of hydrogen-bond acceptors (Lipinski definition) is 1. The molecule has 19 heavy (non-hydrogen) atoms. The topological polar surface area (TPSA) is 50.4 Å². The molecule has 0 spiro atoms. The number of halogens is 1. The Morgan fingerprint density at radius 2 is 1.95 bits per heavy atom. The molecule has 0 aliphatic heterocycles. The third-order valence-electron chi connectivity index (χ3n) is 3.48. The van der Waals surface area contributed by atoms with Gasteiger partial charge in [-0.05, 0) is 24.3 Å². The van der Waals surface area contributed by atoms with E-state index in [1.807, 2.05) is 0 Å². The highest BCUT2D eigenvalue weighted by Crippen LogP contribution is 2.48. The van der Waals surface area contributed by atoms with Gasteiger partial charge in [-0.15, -0.1) is 24.0 Å². The van der Waals surface area contributed by atoms with Gasteiger partial charge in [0.1, 0.15) is 0 Å². The lowest BCUT2D eigenvalue weighted by Crippen LogP contribution is -2.35. The summed E-state index contributed by atoms with van der Waals surface area (Å²) in [6.45, 7) is 6.00. The summed E-state index contributed by atoms with van der Waals surface area (Å²) < 4.78 is 0. The summed E-state index contributed by atoms with van der Waals surface area (Å²) in [6.07, 6.45) is 2.44. The Kier molecular flexibility index (Phi) is 6.10. The van der Waals surface area contributed by atoms with E-state index in [2.05, 4.69) is 54.5 Å². The summed E-state index contributed by atoms with van der Waals surface area (Å²) >= 11 is 0. The Bertz CT molecular complexity index is 411. The van der Waals surface area contributed by atoms with Gasteiger partial charge in [0.25, 0.3) is 0 Å². The van der Waals surface area contributed by atoms with Crippen molar-refractivity contribution >= 4 is 29.9 Å². The van der Waals surface area contributed by atoms with E-state index in [1.165, 1.54) is 18.4 Å². The number of benzene rings is 1. The molecule has 4 heteroatoms. The van der Waals surface area contributed by atoms with E-state index in [4.69, 9.17) is 5.73 Å². The van der Waals surface area contributed by atoms with Gasteiger partial charge in [0.15, 0.2) is 5.96 Å². The van der Waals surface area contributed by atoms with Crippen LogP contribution in [0.4, 0.5) is 0 Å². The first-order valence-electron chi connectivity index (χ1n) is 6.72. The van der Waals surface area contributed by atoms with Crippen LogP contribution in [0.5, 0.6) is 0 Å². The maximum atomic E-state index is 5.87. The minimum atomic E-state index is 0. The Morgan fingerprint density at radius 1 is 1.32 bits per heavy atom. The third kappa shape index (κ3) is 4.67. The number of aliphatic imine (C=N–C) groups is 1. The number of nitrogens with zero attached hydrogens (tertiary/aromatic N) is 1. The van der Waals surface area contributed by atoms with Crippen molar-refractivity contribution in [3.63, 3.8) is 0 Å². The molecule has 1 aliphatic rings. The zero-order valence-corrected chi connectivity index (χ0v) is 14.1. The Morgan fingerprint density at radius 3 is 2.47 bits per heavy atom. The summed E-state index contributed by atoms with van der Waals surface area (Å²) in [5, 5.41) is 3.16. The minimum absolute atomic E-state index is 0. The predicted molar refractivity (Wildman–Crippen MR) is 92.1 cm³/mol.